The molecule has 2 atom stereocenters. The first kappa shape index (κ1) is 15.5. The standard InChI is InChI=1S/C22H19NO2/c1-25-22(24)23-21-18-11-5-3-8-16(18)13-14-20(21)19-12-6-9-15-7-2-4-10-17(15)19/h2-14,20-21H,1H3,(H,23,24)/t20-,21-/m1/s1. The van der Waals surface area contributed by atoms with Crippen LogP contribution in [-0.4, -0.2) is 13.2 Å². The molecule has 3 aromatic carbocycles. The van der Waals surface area contributed by atoms with Gasteiger partial charge in [0, 0.05) is 5.92 Å². The van der Waals surface area contributed by atoms with Crippen molar-refractivity contribution in [3.63, 3.8) is 0 Å². The summed E-state index contributed by atoms with van der Waals surface area (Å²) in [5, 5.41) is 5.43. The Kier molecular flexibility index (Phi) is 3.98. The third kappa shape index (κ3) is 2.78. The third-order valence-electron chi connectivity index (χ3n) is 4.81. The zero-order chi connectivity index (χ0) is 17.2. The Morgan fingerprint density at radius 2 is 1.64 bits per heavy atom. The monoisotopic (exact) mass is 329 g/mol. The molecular weight excluding hydrogens is 310 g/mol. The maximum Gasteiger partial charge on any atom is 0.407 e. The van der Waals surface area contributed by atoms with Crippen molar-refractivity contribution in [3.05, 3.63) is 89.5 Å². The Hall–Kier alpha value is -3.07. The van der Waals surface area contributed by atoms with Crippen LogP contribution in [0.4, 0.5) is 4.79 Å². The van der Waals surface area contributed by atoms with E-state index in [1.54, 1.807) is 0 Å². The zero-order valence-electron chi connectivity index (χ0n) is 14.0. The molecular formula is C22H19NO2. The second-order valence-corrected chi connectivity index (χ2v) is 6.20. The summed E-state index contributed by atoms with van der Waals surface area (Å²) >= 11 is 0. The number of methoxy groups -OCH3 is 1. The van der Waals surface area contributed by atoms with E-state index in [0.717, 1.165) is 11.1 Å². The van der Waals surface area contributed by atoms with Gasteiger partial charge in [-0.05, 0) is 27.5 Å². The molecule has 0 radical (unpaired) electrons. The number of amides is 1. The number of carbonyl (C=O) groups excluding carboxylic acids is 1. The Morgan fingerprint density at radius 1 is 0.920 bits per heavy atom. The molecule has 1 aliphatic rings. The van der Waals surface area contributed by atoms with E-state index in [2.05, 4.69) is 66.0 Å². The number of alkyl carbamates (subject to hydrolysis) is 1. The SMILES string of the molecule is COC(=O)N[C@@H]1c2ccccc2C=C[C@@H]1c1cccc2ccccc12. The predicted octanol–water partition coefficient (Wildman–Crippen LogP) is 5.05. The van der Waals surface area contributed by atoms with Crippen LogP contribution in [0.5, 0.6) is 0 Å². The second kappa shape index (κ2) is 6.44. The number of ether oxygens (including phenoxy) is 1. The first-order chi connectivity index (χ1) is 12.3. The molecule has 0 fully saturated rings. The number of nitrogens with one attached hydrogen (secondary N) is 1. The fourth-order valence-electron chi connectivity index (χ4n) is 3.64. The summed E-state index contributed by atoms with van der Waals surface area (Å²) in [6.07, 6.45) is 3.89. The number of hydrogen-bond acceptors (Lipinski definition) is 2. The van der Waals surface area contributed by atoms with Crippen molar-refractivity contribution in [1.29, 1.82) is 0 Å². The lowest BCUT2D eigenvalue weighted by Gasteiger charge is -2.31. The van der Waals surface area contributed by atoms with Crippen LogP contribution >= 0.6 is 0 Å². The lowest BCUT2D eigenvalue weighted by Crippen LogP contribution is -2.33. The minimum absolute atomic E-state index is 0.0418. The lowest BCUT2D eigenvalue weighted by molar-refractivity contribution is 0.165. The van der Waals surface area contributed by atoms with Crippen LogP contribution in [0.3, 0.4) is 0 Å². The molecule has 1 aliphatic carbocycles. The molecule has 1 N–H and O–H groups in total. The van der Waals surface area contributed by atoms with Gasteiger partial charge in [-0.15, -0.1) is 0 Å². The van der Waals surface area contributed by atoms with Crippen molar-refractivity contribution in [2.24, 2.45) is 0 Å². The first-order valence-corrected chi connectivity index (χ1v) is 8.37. The highest BCUT2D eigenvalue weighted by atomic mass is 16.5. The van der Waals surface area contributed by atoms with Gasteiger partial charge in [-0.2, -0.15) is 0 Å². The summed E-state index contributed by atoms with van der Waals surface area (Å²) in [6.45, 7) is 0. The van der Waals surface area contributed by atoms with E-state index in [9.17, 15) is 4.79 Å². The summed E-state index contributed by atoms with van der Waals surface area (Å²) in [5.41, 5.74) is 3.43. The van der Waals surface area contributed by atoms with Crippen molar-refractivity contribution in [1.82, 2.24) is 5.32 Å². The molecule has 0 bridgehead atoms. The Bertz CT molecular complexity index is 956. The first-order valence-electron chi connectivity index (χ1n) is 8.37. The molecule has 25 heavy (non-hydrogen) atoms. The maximum absolute atomic E-state index is 12.0. The van der Waals surface area contributed by atoms with E-state index < -0.39 is 6.09 Å². The van der Waals surface area contributed by atoms with E-state index in [1.807, 2.05) is 18.2 Å². The van der Waals surface area contributed by atoms with Crippen LogP contribution < -0.4 is 5.32 Å². The summed E-state index contributed by atoms with van der Waals surface area (Å²) < 4.78 is 4.87. The van der Waals surface area contributed by atoms with Crippen molar-refractivity contribution in [3.8, 4) is 0 Å². The van der Waals surface area contributed by atoms with Crippen LogP contribution in [0, 0.1) is 0 Å². The molecule has 1 amide bonds. The Balaban J connectivity index is 1.86. The summed E-state index contributed by atoms with van der Waals surface area (Å²) in [6, 6.07) is 22.6. The molecule has 0 saturated carbocycles. The molecule has 0 unspecified atom stereocenters. The predicted molar refractivity (Wildman–Crippen MR) is 100 cm³/mol. The van der Waals surface area contributed by atoms with Gasteiger partial charge in [0.05, 0.1) is 13.2 Å². The van der Waals surface area contributed by atoms with Crippen LogP contribution in [-0.2, 0) is 4.74 Å². The molecule has 0 saturated heterocycles. The smallest absolute Gasteiger partial charge is 0.407 e. The van der Waals surface area contributed by atoms with Gasteiger partial charge in [-0.3, -0.25) is 0 Å². The molecule has 3 aromatic rings. The van der Waals surface area contributed by atoms with E-state index in [0.29, 0.717) is 0 Å². The van der Waals surface area contributed by atoms with Gasteiger partial charge in [0.2, 0.25) is 0 Å². The summed E-state index contributed by atoms with van der Waals surface area (Å²) in [4.78, 5) is 12.0. The van der Waals surface area contributed by atoms with E-state index >= 15 is 0 Å². The van der Waals surface area contributed by atoms with Gasteiger partial charge in [0.25, 0.3) is 0 Å². The van der Waals surface area contributed by atoms with Gasteiger partial charge in [-0.1, -0.05) is 78.9 Å². The Labute approximate surface area is 146 Å². The van der Waals surface area contributed by atoms with Gasteiger partial charge in [0.1, 0.15) is 0 Å². The third-order valence-corrected chi connectivity index (χ3v) is 4.81. The van der Waals surface area contributed by atoms with Crippen LogP contribution in [0.25, 0.3) is 16.8 Å². The molecule has 0 heterocycles. The van der Waals surface area contributed by atoms with Gasteiger partial charge in [0.15, 0.2) is 0 Å². The molecule has 3 heteroatoms. The van der Waals surface area contributed by atoms with E-state index in [-0.39, 0.29) is 12.0 Å². The van der Waals surface area contributed by atoms with Crippen LogP contribution in [0.1, 0.15) is 28.7 Å². The van der Waals surface area contributed by atoms with E-state index in [4.69, 9.17) is 4.74 Å². The highest BCUT2D eigenvalue weighted by Gasteiger charge is 2.30. The lowest BCUT2D eigenvalue weighted by atomic mass is 9.79. The number of benzene rings is 3. The average molecular weight is 329 g/mol. The fraction of sp³-hybridized carbons (Fsp3) is 0.136. The molecule has 3 nitrogen and oxygen atoms in total. The number of rotatable bonds is 2. The number of carbonyl (C=O) groups is 1. The summed E-state index contributed by atoms with van der Waals surface area (Å²) in [5.74, 6) is 0.0418. The molecule has 0 aliphatic heterocycles. The van der Waals surface area contributed by atoms with Gasteiger partial charge < -0.3 is 10.1 Å². The van der Waals surface area contributed by atoms with Crippen LogP contribution in [0.15, 0.2) is 72.8 Å². The second-order valence-electron chi connectivity index (χ2n) is 6.20. The maximum atomic E-state index is 12.0. The highest BCUT2D eigenvalue weighted by Crippen LogP contribution is 2.41. The van der Waals surface area contributed by atoms with Crippen molar-refractivity contribution in [2.45, 2.75) is 12.0 Å². The van der Waals surface area contributed by atoms with Crippen molar-refractivity contribution < 1.29 is 9.53 Å². The van der Waals surface area contributed by atoms with Crippen LogP contribution in [0.2, 0.25) is 0 Å². The Morgan fingerprint density at radius 3 is 2.52 bits per heavy atom. The topological polar surface area (TPSA) is 38.3 Å². The quantitative estimate of drug-likeness (QED) is 0.714. The fourth-order valence-corrected chi connectivity index (χ4v) is 3.64. The summed E-state index contributed by atoms with van der Waals surface area (Å²) in [7, 11) is 1.40. The average Bonchev–Trinajstić information content (AvgIpc) is 2.68. The minimum atomic E-state index is -0.416. The molecule has 124 valence electrons. The molecule has 4 rings (SSSR count). The van der Waals surface area contributed by atoms with Gasteiger partial charge in [-0.25, -0.2) is 4.79 Å². The zero-order valence-corrected chi connectivity index (χ0v) is 14.0. The molecule has 0 spiro atoms. The highest BCUT2D eigenvalue weighted by molar-refractivity contribution is 5.87. The largest absolute Gasteiger partial charge is 0.453 e. The van der Waals surface area contributed by atoms with Crippen molar-refractivity contribution >= 4 is 22.9 Å². The van der Waals surface area contributed by atoms with E-state index in [1.165, 1.54) is 23.4 Å². The number of hydrogen-bond donors (Lipinski definition) is 1. The normalized spacial score (nSPS) is 18.6. The van der Waals surface area contributed by atoms with Gasteiger partial charge >= 0.3 is 6.09 Å². The molecule has 0 aromatic heterocycles. The minimum Gasteiger partial charge on any atom is -0.453 e. The number of fused-ring (bicyclic) bond motifs is 2. The van der Waals surface area contributed by atoms with Crippen molar-refractivity contribution in [2.75, 3.05) is 7.11 Å².